The van der Waals surface area contributed by atoms with E-state index in [1.165, 1.54) is 10.8 Å². The number of fused-ring (bicyclic) bond motifs is 3. The first-order chi connectivity index (χ1) is 13.0. The van der Waals surface area contributed by atoms with Crippen molar-refractivity contribution >= 4 is 22.6 Å². The summed E-state index contributed by atoms with van der Waals surface area (Å²) in [5.74, 6) is -2.95. The van der Waals surface area contributed by atoms with Crippen molar-refractivity contribution < 1.29 is 18.7 Å². The Morgan fingerprint density at radius 1 is 1.11 bits per heavy atom. The van der Waals surface area contributed by atoms with Crippen LogP contribution in [-0.2, 0) is 0 Å². The van der Waals surface area contributed by atoms with Crippen molar-refractivity contribution in [1.82, 2.24) is 9.47 Å². The Morgan fingerprint density at radius 3 is 2.59 bits per heavy atom. The number of carbonyl (C=O) groups is 1. The van der Waals surface area contributed by atoms with E-state index in [1.807, 2.05) is 0 Å². The van der Waals surface area contributed by atoms with Crippen molar-refractivity contribution in [2.24, 2.45) is 0 Å². The lowest BCUT2D eigenvalue weighted by molar-refractivity contribution is 0.0695. The molecule has 2 aliphatic heterocycles. The lowest BCUT2D eigenvalue weighted by Crippen LogP contribution is -2.47. The molecule has 1 saturated carbocycles. The Hall–Kier alpha value is -2.48. The molecule has 2 aromatic rings. The Bertz CT molecular complexity index is 1030. The summed E-state index contributed by atoms with van der Waals surface area (Å²) in [6.45, 7) is 2.99. The zero-order chi connectivity index (χ0) is 18.9. The third kappa shape index (κ3) is 2.46. The summed E-state index contributed by atoms with van der Waals surface area (Å²) in [7, 11) is 0. The van der Waals surface area contributed by atoms with Crippen molar-refractivity contribution in [2.75, 3.05) is 31.1 Å². The van der Waals surface area contributed by atoms with Crippen LogP contribution in [0.5, 0.6) is 0 Å². The molecule has 1 aromatic heterocycles. The molecule has 8 heteroatoms. The van der Waals surface area contributed by atoms with Gasteiger partial charge in [-0.05, 0) is 25.3 Å². The van der Waals surface area contributed by atoms with E-state index in [-0.39, 0.29) is 28.7 Å². The number of rotatable bonds is 3. The van der Waals surface area contributed by atoms with Crippen LogP contribution in [-0.4, -0.2) is 52.8 Å². The molecule has 2 bridgehead atoms. The molecule has 0 radical (unpaired) electrons. The Kier molecular flexibility index (Phi) is 3.56. The topological polar surface area (TPSA) is 65.8 Å². The van der Waals surface area contributed by atoms with Crippen molar-refractivity contribution in [2.45, 2.75) is 31.3 Å². The molecule has 2 atom stereocenters. The van der Waals surface area contributed by atoms with Gasteiger partial charge in [-0.1, -0.05) is 0 Å². The molecule has 0 spiro atoms. The first-order valence-corrected chi connectivity index (χ1v) is 9.25. The molecule has 3 aliphatic rings. The third-order valence-corrected chi connectivity index (χ3v) is 5.99. The van der Waals surface area contributed by atoms with E-state index in [1.54, 1.807) is 4.90 Å². The monoisotopic (exact) mass is 375 g/mol. The van der Waals surface area contributed by atoms with Crippen LogP contribution in [0.25, 0.3) is 10.9 Å². The normalized spacial score (nSPS) is 24.6. The van der Waals surface area contributed by atoms with Crippen LogP contribution in [0, 0.1) is 11.6 Å². The van der Waals surface area contributed by atoms with Crippen LogP contribution in [0.4, 0.5) is 14.5 Å². The number of aromatic carboxylic acids is 1. The molecule has 1 aliphatic carbocycles. The van der Waals surface area contributed by atoms with Gasteiger partial charge in [-0.25, -0.2) is 13.6 Å². The van der Waals surface area contributed by atoms with E-state index in [0.29, 0.717) is 6.54 Å². The highest BCUT2D eigenvalue weighted by molar-refractivity contribution is 5.94. The number of nitrogens with zero attached hydrogens (tertiary/aromatic N) is 3. The zero-order valence-corrected chi connectivity index (χ0v) is 14.6. The van der Waals surface area contributed by atoms with Gasteiger partial charge in [-0.15, -0.1) is 0 Å². The number of carboxylic acid groups (broad SMARTS) is 1. The van der Waals surface area contributed by atoms with Gasteiger partial charge < -0.3 is 14.6 Å². The van der Waals surface area contributed by atoms with Crippen molar-refractivity contribution in [3.8, 4) is 0 Å². The predicted molar refractivity (Wildman–Crippen MR) is 95.5 cm³/mol. The highest BCUT2D eigenvalue weighted by atomic mass is 19.1. The van der Waals surface area contributed by atoms with Gasteiger partial charge >= 0.3 is 5.97 Å². The molecule has 0 amide bonds. The first-order valence-electron chi connectivity index (χ1n) is 9.25. The van der Waals surface area contributed by atoms with E-state index < -0.39 is 28.6 Å². The van der Waals surface area contributed by atoms with E-state index in [2.05, 4.69) is 4.90 Å². The standard InChI is InChI=1S/C19H19F2N3O3/c20-14-7-12-16(24(10-1-2-10)9-13(18(12)25)19(26)27)15(21)17(14)23-6-5-22-4-3-11(23)8-22/h7,9-11H,1-6,8H2,(H,26,27). The van der Waals surface area contributed by atoms with Crippen LogP contribution in [0.2, 0.25) is 0 Å². The van der Waals surface area contributed by atoms with Crippen LogP contribution < -0.4 is 10.3 Å². The first kappa shape index (κ1) is 16.7. The van der Waals surface area contributed by atoms with Gasteiger partial charge in [0, 0.05) is 44.5 Å². The van der Waals surface area contributed by atoms with Crippen molar-refractivity contribution in [3.63, 3.8) is 0 Å². The SMILES string of the molecule is O=C(O)c1cn(C2CC2)c2c(F)c(N3CCN4CCC3C4)c(F)cc2c1=O. The lowest BCUT2D eigenvalue weighted by atomic mass is 10.1. The lowest BCUT2D eigenvalue weighted by Gasteiger charge is -2.36. The minimum Gasteiger partial charge on any atom is -0.477 e. The summed E-state index contributed by atoms with van der Waals surface area (Å²) in [5.41, 5.74) is -1.37. The van der Waals surface area contributed by atoms with Gasteiger partial charge in [0.25, 0.3) is 0 Å². The number of halogens is 2. The Balaban J connectivity index is 1.77. The maximum Gasteiger partial charge on any atom is 0.341 e. The third-order valence-electron chi connectivity index (χ3n) is 5.99. The fraction of sp³-hybridized carbons (Fsp3) is 0.474. The van der Waals surface area contributed by atoms with Crippen LogP contribution in [0.15, 0.2) is 17.1 Å². The number of carboxylic acids is 1. The average Bonchev–Trinajstić information content (AvgIpc) is 3.40. The minimum absolute atomic E-state index is 0.0179. The molecular formula is C19H19F2N3O3. The fourth-order valence-corrected chi connectivity index (χ4v) is 4.48. The van der Waals surface area contributed by atoms with Gasteiger partial charge in [0.2, 0.25) is 5.43 Å². The summed E-state index contributed by atoms with van der Waals surface area (Å²) in [5, 5.41) is 9.10. The van der Waals surface area contributed by atoms with Crippen LogP contribution in [0.1, 0.15) is 35.7 Å². The van der Waals surface area contributed by atoms with Crippen molar-refractivity contribution in [3.05, 3.63) is 39.7 Å². The molecule has 5 rings (SSSR count). The second-order valence-corrected chi connectivity index (χ2v) is 7.67. The second kappa shape index (κ2) is 5.76. The highest BCUT2D eigenvalue weighted by Gasteiger charge is 2.37. The largest absolute Gasteiger partial charge is 0.477 e. The molecule has 2 unspecified atom stereocenters. The van der Waals surface area contributed by atoms with E-state index >= 15 is 4.39 Å². The molecule has 1 N–H and O–H groups in total. The molecule has 3 fully saturated rings. The highest BCUT2D eigenvalue weighted by Crippen LogP contribution is 2.40. The van der Waals surface area contributed by atoms with Crippen LogP contribution >= 0.6 is 0 Å². The average molecular weight is 375 g/mol. The Morgan fingerprint density at radius 2 is 1.89 bits per heavy atom. The maximum absolute atomic E-state index is 15.6. The predicted octanol–water partition coefficient (Wildman–Crippen LogP) is 2.21. The van der Waals surface area contributed by atoms with Crippen LogP contribution in [0.3, 0.4) is 0 Å². The van der Waals surface area contributed by atoms with Gasteiger partial charge in [0.15, 0.2) is 5.82 Å². The summed E-state index contributed by atoms with van der Waals surface area (Å²) < 4.78 is 32.1. The molecule has 142 valence electrons. The number of aromatic nitrogens is 1. The summed E-state index contributed by atoms with van der Waals surface area (Å²) in [6, 6.07) is 1.02. The minimum atomic E-state index is -1.39. The van der Waals surface area contributed by atoms with E-state index in [0.717, 1.165) is 45.0 Å². The van der Waals surface area contributed by atoms with Gasteiger partial charge in [0.1, 0.15) is 17.1 Å². The quantitative estimate of drug-likeness (QED) is 0.891. The summed E-state index contributed by atoms with van der Waals surface area (Å²) in [4.78, 5) is 28.0. The number of pyridine rings is 1. The van der Waals surface area contributed by atoms with E-state index in [9.17, 15) is 19.1 Å². The summed E-state index contributed by atoms with van der Waals surface area (Å²) in [6.07, 6.45) is 3.63. The van der Waals surface area contributed by atoms with Crippen molar-refractivity contribution in [1.29, 1.82) is 0 Å². The smallest absolute Gasteiger partial charge is 0.341 e. The van der Waals surface area contributed by atoms with Gasteiger partial charge in [-0.2, -0.15) is 0 Å². The molecular weight excluding hydrogens is 356 g/mol. The number of anilines is 1. The Labute approximate surface area is 153 Å². The fourth-order valence-electron chi connectivity index (χ4n) is 4.48. The number of benzene rings is 1. The van der Waals surface area contributed by atoms with Gasteiger partial charge in [-0.3, -0.25) is 9.69 Å². The zero-order valence-electron chi connectivity index (χ0n) is 14.6. The number of piperazine rings is 1. The summed E-state index contributed by atoms with van der Waals surface area (Å²) >= 11 is 0. The second-order valence-electron chi connectivity index (χ2n) is 7.67. The maximum atomic E-state index is 15.6. The number of hydrogen-bond donors (Lipinski definition) is 1. The van der Waals surface area contributed by atoms with E-state index in [4.69, 9.17) is 0 Å². The van der Waals surface area contributed by atoms with Gasteiger partial charge in [0.05, 0.1) is 10.9 Å². The molecule has 2 saturated heterocycles. The molecule has 3 heterocycles. The molecule has 6 nitrogen and oxygen atoms in total. The molecule has 1 aromatic carbocycles. The number of hydrogen-bond acceptors (Lipinski definition) is 4. The molecule has 27 heavy (non-hydrogen) atoms.